The lowest BCUT2D eigenvalue weighted by molar-refractivity contribution is -0.122. The van der Waals surface area contributed by atoms with Crippen LogP contribution < -0.4 is 15.5 Å². The average molecular weight is 360 g/mol. The van der Waals surface area contributed by atoms with Gasteiger partial charge >= 0.3 is 0 Å². The second-order valence-electron chi connectivity index (χ2n) is 7.18. The van der Waals surface area contributed by atoms with Gasteiger partial charge in [-0.2, -0.15) is 0 Å². The SMILES string of the molecule is O=C(Cn1ccc2ccccc21)NC1CC2C(=O)Nc3ccccc3N2C1. The lowest BCUT2D eigenvalue weighted by Crippen LogP contribution is -2.44. The molecule has 3 aromatic rings. The van der Waals surface area contributed by atoms with E-state index in [0.717, 1.165) is 22.3 Å². The van der Waals surface area contributed by atoms with Gasteiger partial charge in [-0.3, -0.25) is 9.59 Å². The fourth-order valence-corrected chi connectivity index (χ4v) is 4.21. The number of anilines is 2. The molecule has 0 saturated carbocycles. The highest BCUT2D eigenvalue weighted by atomic mass is 16.2. The summed E-state index contributed by atoms with van der Waals surface area (Å²) in [6.45, 7) is 0.921. The van der Waals surface area contributed by atoms with Crippen LogP contribution in [0, 0.1) is 0 Å². The van der Waals surface area contributed by atoms with Crippen LogP contribution in [0.2, 0.25) is 0 Å². The van der Waals surface area contributed by atoms with Gasteiger partial charge < -0.3 is 20.1 Å². The van der Waals surface area contributed by atoms with Crippen molar-refractivity contribution in [3.8, 4) is 0 Å². The van der Waals surface area contributed by atoms with Crippen molar-refractivity contribution in [1.29, 1.82) is 0 Å². The van der Waals surface area contributed by atoms with Crippen LogP contribution in [0.15, 0.2) is 60.8 Å². The number of nitrogens with zero attached hydrogens (tertiary/aromatic N) is 2. The number of rotatable bonds is 3. The summed E-state index contributed by atoms with van der Waals surface area (Å²) >= 11 is 0. The second-order valence-corrected chi connectivity index (χ2v) is 7.18. The van der Waals surface area contributed by atoms with E-state index in [9.17, 15) is 9.59 Å². The van der Waals surface area contributed by atoms with E-state index in [-0.39, 0.29) is 30.4 Å². The Morgan fingerprint density at radius 1 is 1.11 bits per heavy atom. The van der Waals surface area contributed by atoms with Crippen LogP contribution in [0.1, 0.15) is 6.42 Å². The molecule has 136 valence electrons. The fourth-order valence-electron chi connectivity index (χ4n) is 4.21. The van der Waals surface area contributed by atoms with Crippen molar-refractivity contribution >= 4 is 34.1 Å². The van der Waals surface area contributed by atoms with Crippen LogP contribution in [0.5, 0.6) is 0 Å². The van der Waals surface area contributed by atoms with Crippen LogP contribution in [-0.2, 0) is 16.1 Å². The highest BCUT2D eigenvalue weighted by Crippen LogP contribution is 2.36. The minimum Gasteiger partial charge on any atom is -0.356 e. The fraction of sp³-hybridized carbons (Fsp3) is 0.238. The maximum atomic E-state index is 12.6. The van der Waals surface area contributed by atoms with Crippen molar-refractivity contribution in [2.45, 2.75) is 25.0 Å². The molecule has 6 nitrogen and oxygen atoms in total. The highest BCUT2D eigenvalue weighted by Gasteiger charge is 2.41. The number of aromatic nitrogens is 1. The second kappa shape index (κ2) is 6.16. The molecule has 2 amide bonds. The third kappa shape index (κ3) is 2.73. The van der Waals surface area contributed by atoms with Gasteiger partial charge in [0, 0.05) is 24.3 Å². The normalized spacial score (nSPS) is 20.9. The van der Waals surface area contributed by atoms with Gasteiger partial charge in [0.25, 0.3) is 0 Å². The molecule has 2 atom stereocenters. The topological polar surface area (TPSA) is 66.4 Å². The van der Waals surface area contributed by atoms with Crippen molar-refractivity contribution < 1.29 is 9.59 Å². The van der Waals surface area contributed by atoms with E-state index in [1.165, 1.54) is 0 Å². The zero-order chi connectivity index (χ0) is 18.4. The average Bonchev–Trinajstić information content (AvgIpc) is 3.27. The predicted molar refractivity (Wildman–Crippen MR) is 105 cm³/mol. The molecular weight excluding hydrogens is 340 g/mol. The first-order valence-corrected chi connectivity index (χ1v) is 9.19. The Bertz CT molecular complexity index is 1040. The number of hydrogen-bond acceptors (Lipinski definition) is 3. The number of carbonyl (C=O) groups is 2. The van der Waals surface area contributed by atoms with Gasteiger partial charge in [0.1, 0.15) is 12.6 Å². The molecule has 1 fully saturated rings. The van der Waals surface area contributed by atoms with Crippen LogP contribution in [-0.4, -0.2) is 35.0 Å². The molecule has 27 heavy (non-hydrogen) atoms. The van der Waals surface area contributed by atoms with Gasteiger partial charge in [-0.15, -0.1) is 0 Å². The Hall–Kier alpha value is -3.28. The molecule has 2 aliphatic rings. The third-order valence-corrected chi connectivity index (χ3v) is 5.43. The number of benzene rings is 2. The zero-order valence-electron chi connectivity index (χ0n) is 14.8. The maximum absolute atomic E-state index is 12.6. The van der Waals surface area contributed by atoms with E-state index < -0.39 is 0 Å². The van der Waals surface area contributed by atoms with Crippen LogP contribution in [0.25, 0.3) is 10.9 Å². The van der Waals surface area contributed by atoms with Gasteiger partial charge in [-0.05, 0) is 36.1 Å². The summed E-state index contributed by atoms with van der Waals surface area (Å²) in [6.07, 6.45) is 2.56. The van der Waals surface area contributed by atoms with E-state index in [1.807, 2.05) is 65.4 Å². The molecule has 2 aliphatic heterocycles. The van der Waals surface area contributed by atoms with E-state index >= 15 is 0 Å². The van der Waals surface area contributed by atoms with Gasteiger partial charge in [0.15, 0.2) is 0 Å². The smallest absolute Gasteiger partial charge is 0.247 e. The summed E-state index contributed by atoms with van der Waals surface area (Å²) in [4.78, 5) is 27.1. The standard InChI is InChI=1S/C21H20N4O2/c26-20(13-24-10-9-14-5-1-3-7-17(14)24)22-15-11-19-21(27)23-16-6-2-4-8-18(16)25(19)12-15/h1-10,15,19H,11-13H2,(H,22,26)(H,23,27). The predicted octanol–water partition coefficient (Wildman–Crippen LogP) is 2.36. The largest absolute Gasteiger partial charge is 0.356 e. The summed E-state index contributed by atoms with van der Waals surface area (Å²) in [7, 11) is 0. The zero-order valence-corrected chi connectivity index (χ0v) is 14.8. The molecule has 0 spiro atoms. The van der Waals surface area contributed by atoms with Crippen molar-refractivity contribution in [1.82, 2.24) is 9.88 Å². The highest BCUT2D eigenvalue weighted by molar-refractivity contribution is 6.04. The summed E-state index contributed by atoms with van der Waals surface area (Å²) in [5, 5.41) is 7.19. The first kappa shape index (κ1) is 15.9. The molecule has 1 aromatic heterocycles. The quantitative estimate of drug-likeness (QED) is 0.754. The molecule has 3 heterocycles. The molecular formula is C21H20N4O2. The Morgan fingerprint density at radius 2 is 1.93 bits per heavy atom. The number of nitrogens with one attached hydrogen (secondary N) is 2. The Balaban J connectivity index is 1.30. The van der Waals surface area contributed by atoms with Crippen molar-refractivity contribution in [3.05, 3.63) is 60.8 Å². The monoisotopic (exact) mass is 360 g/mol. The minimum absolute atomic E-state index is 0.00172. The van der Waals surface area contributed by atoms with Crippen LogP contribution in [0.4, 0.5) is 11.4 Å². The molecule has 2 unspecified atom stereocenters. The first-order valence-electron chi connectivity index (χ1n) is 9.19. The van der Waals surface area contributed by atoms with E-state index in [0.29, 0.717) is 13.0 Å². The summed E-state index contributed by atoms with van der Waals surface area (Å²) in [6, 6.07) is 17.6. The first-order chi connectivity index (χ1) is 13.2. The molecule has 2 aromatic carbocycles. The molecule has 0 aliphatic carbocycles. The van der Waals surface area contributed by atoms with E-state index in [2.05, 4.69) is 15.5 Å². The van der Waals surface area contributed by atoms with Crippen LogP contribution >= 0.6 is 0 Å². The maximum Gasteiger partial charge on any atom is 0.247 e. The molecule has 5 rings (SSSR count). The molecule has 2 N–H and O–H groups in total. The number of fused-ring (bicyclic) bond motifs is 4. The Kier molecular flexibility index (Phi) is 3.63. The van der Waals surface area contributed by atoms with Crippen molar-refractivity contribution in [2.75, 3.05) is 16.8 Å². The Morgan fingerprint density at radius 3 is 2.85 bits per heavy atom. The Labute approximate surface area is 156 Å². The summed E-state index contributed by atoms with van der Waals surface area (Å²) in [5.41, 5.74) is 2.91. The van der Waals surface area contributed by atoms with Gasteiger partial charge in [0.05, 0.1) is 11.4 Å². The third-order valence-electron chi connectivity index (χ3n) is 5.43. The number of carbonyl (C=O) groups excluding carboxylic acids is 2. The number of para-hydroxylation sites is 3. The molecule has 1 saturated heterocycles. The van der Waals surface area contributed by atoms with Crippen LogP contribution in [0.3, 0.4) is 0 Å². The van der Waals surface area contributed by atoms with E-state index in [4.69, 9.17) is 0 Å². The number of amides is 2. The summed E-state index contributed by atoms with van der Waals surface area (Å²) < 4.78 is 1.95. The molecule has 0 bridgehead atoms. The summed E-state index contributed by atoms with van der Waals surface area (Å²) in [5.74, 6) is -0.0308. The number of hydrogen-bond donors (Lipinski definition) is 2. The van der Waals surface area contributed by atoms with Crippen molar-refractivity contribution in [2.24, 2.45) is 0 Å². The van der Waals surface area contributed by atoms with Crippen molar-refractivity contribution in [3.63, 3.8) is 0 Å². The minimum atomic E-state index is -0.224. The van der Waals surface area contributed by atoms with Gasteiger partial charge in [-0.25, -0.2) is 0 Å². The molecule has 6 heteroatoms. The van der Waals surface area contributed by atoms with Gasteiger partial charge in [0.2, 0.25) is 11.8 Å². The lowest BCUT2D eigenvalue weighted by atomic mass is 10.1. The lowest BCUT2D eigenvalue weighted by Gasteiger charge is -2.32. The van der Waals surface area contributed by atoms with Gasteiger partial charge in [-0.1, -0.05) is 30.3 Å². The molecule has 0 radical (unpaired) electrons. The van der Waals surface area contributed by atoms with E-state index in [1.54, 1.807) is 0 Å².